The summed E-state index contributed by atoms with van der Waals surface area (Å²) in [5, 5.41) is 17.9. The van der Waals surface area contributed by atoms with E-state index in [1.54, 1.807) is 25.1 Å². The highest BCUT2D eigenvalue weighted by atomic mass is 35.5. The third kappa shape index (κ3) is 5.21. The Morgan fingerprint density at radius 3 is 2.62 bits per heavy atom. The molecule has 0 spiro atoms. The van der Waals surface area contributed by atoms with Crippen molar-refractivity contribution in [1.29, 1.82) is 0 Å². The highest BCUT2D eigenvalue weighted by molar-refractivity contribution is 6.32. The lowest BCUT2D eigenvalue weighted by Gasteiger charge is -2.13. The van der Waals surface area contributed by atoms with Gasteiger partial charge in [-0.05, 0) is 44.0 Å². The number of nitro groups is 1. The summed E-state index contributed by atoms with van der Waals surface area (Å²) in [6.07, 6.45) is 1.76. The van der Waals surface area contributed by atoms with E-state index >= 15 is 0 Å². The van der Waals surface area contributed by atoms with Crippen LogP contribution in [0.5, 0.6) is 0 Å². The van der Waals surface area contributed by atoms with Gasteiger partial charge in [-0.3, -0.25) is 19.7 Å². The molecule has 0 atom stereocenters. The third-order valence-corrected chi connectivity index (χ3v) is 6.13. The van der Waals surface area contributed by atoms with Crippen LogP contribution in [0.4, 0.5) is 11.4 Å². The maximum Gasteiger partial charge on any atom is 0.339 e. The van der Waals surface area contributed by atoms with Crippen LogP contribution in [0.25, 0.3) is 0 Å². The Hall–Kier alpha value is -4.51. The van der Waals surface area contributed by atoms with Crippen molar-refractivity contribution < 1.29 is 28.5 Å². The molecule has 1 aliphatic carbocycles. The molecular formula is C25H21ClN4O7. The van der Waals surface area contributed by atoms with Crippen LogP contribution in [0.2, 0.25) is 5.02 Å². The van der Waals surface area contributed by atoms with Crippen LogP contribution < -0.4 is 10.7 Å². The molecular weight excluding hydrogens is 504 g/mol. The molecule has 1 heterocycles. The number of esters is 1. The monoisotopic (exact) mass is 524 g/mol. The van der Waals surface area contributed by atoms with Gasteiger partial charge in [0.1, 0.15) is 10.8 Å². The number of methoxy groups -OCH3 is 1. The molecule has 0 saturated carbocycles. The van der Waals surface area contributed by atoms with Crippen LogP contribution in [0, 0.1) is 17.0 Å². The number of rotatable bonds is 6. The van der Waals surface area contributed by atoms with E-state index < -0.39 is 28.4 Å². The van der Waals surface area contributed by atoms with Gasteiger partial charge in [-0.15, -0.1) is 0 Å². The molecule has 190 valence electrons. The van der Waals surface area contributed by atoms with Crippen LogP contribution in [-0.4, -0.2) is 35.5 Å². The van der Waals surface area contributed by atoms with Crippen LogP contribution in [-0.2, 0) is 11.2 Å². The fraction of sp³-hybridized carbons (Fsp3) is 0.200. The maximum absolute atomic E-state index is 13.1. The summed E-state index contributed by atoms with van der Waals surface area (Å²) in [4.78, 5) is 48.1. The van der Waals surface area contributed by atoms with Gasteiger partial charge < -0.3 is 14.5 Å². The fourth-order valence-corrected chi connectivity index (χ4v) is 4.22. The number of benzene rings is 2. The zero-order valence-corrected chi connectivity index (χ0v) is 20.5. The van der Waals surface area contributed by atoms with Crippen molar-refractivity contribution in [2.75, 3.05) is 12.4 Å². The number of hydrogen-bond acceptors (Lipinski definition) is 8. The molecule has 12 heteroatoms. The lowest BCUT2D eigenvalue weighted by atomic mass is 9.93. The number of nitro benzene ring substituents is 1. The Morgan fingerprint density at radius 1 is 1.14 bits per heavy atom. The van der Waals surface area contributed by atoms with Crippen molar-refractivity contribution in [2.45, 2.75) is 26.2 Å². The molecule has 2 N–H and O–H groups in total. The van der Waals surface area contributed by atoms with E-state index in [0.717, 1.165) is 6.07 Å². The predicted molar refractivity (Wildman–Crippen MR) is 134 cm³/mol. The average Bonchev–Trinajstić information content (AvgIpc) is 3.24. The van der Waals surface area contributed by atoms with E-state index in [1.807, 2.05) is 0 Å². The normalized spacial score (nSPS) is 13.5. The van der Waals surface area contributed by atoms with E-state index in [0.29, 0.717) is 41.9 Å². The van der Waals surface area contributed by atoms with Gasteiger partial charge in [0, 0.05) is 29.2 Å². The van der Waals surface area contributed by atoms with E-state index in [-0.39, 0.29) is 27.6 Å². The minimum atomic E-state index is -0.677. The minimum absolute atomic E-state index is 0.0183. The summed E-state index contributed by atoms with van der Waals surface area (Å²) < 4.78 is 10.6. The summed E-state index contributed by atoms with van der Waals surface area (Å²) in [5.41, 5.74) is 4.15. The number of amides is 2. The fourth-order valence-electron chi connectivity index (χ4n) is 4.03. The predicted octanol–water partition coefficient (Wildman–Crippen LogP) is 4.66. The van der Waals surface area contributed by atoms with Gasteiger partial charge in [0.25, 0.3) is 17.5 Å². The van der Waals surface area contributed by atoms with Crippen molar-refractivity contribution in [3.8, 4) is 0 Å². The summed E-state index contributed by atoms with van der Waals surface area (Å²) in [6.45, 7) is 1.70. The number of halogens is 1. The number of para-hydroxylation sites is 1. The smallest absolute Gasteiger partial charge is 0.339 e. The second-order valence-corrected chi connectivity index (χ2v) is 8.53. The first-order valence-corrected chi connectivity index (χ1v) is 11.5. The van der Waals surface area contributed by atoms with Crippen LogP contribution in [0.3, 0.4) is 0 Å². The van der Waals surface area contributed by atoms with Crippen molar-refractivity contribution in [3.05, 3.63) is 91.4 Å². The van der Waals surface area contributed by atoms with Crippen molar-refractivity contribution in [2.24, 2.45) is 5.10 Å². The van der Waals surface area contributed by atoms with E-state index in [9.17, 15) is 24.5 Å². The molecule has 37 heavy (non-hydrogen) atoms. The largest absolute Gasteiger partial charge is 0.465 e. The second kappa shape index (κ2) is 10.6. The molecule has 0 saturated heterocycles. The molecule has 2 amide bonds. The van der Waals surface area contributed by atoms with Crippen LogP contribution in [0.1, 0.15) is 61.0 Å². The molecule has 11 nitrogen and oxygen atoms in total. The van der Waals surface area contributed by atoms with Gasteiger partial charge >= 0.3 is 5.97 Å². The Balaban J connectivity index is 1.58. The number of furan rings is 1. The number of hydrazone groups is 1. The molecule has 0 unspecified atom stereocenters. The Kier molecular flexibility index (Phi) is 7.35. The Bertz CT molecular complexity index is 1460. The first-order valence-electron chi connectivity index (χ1n) is 11.1. The molecule has 4 rings (SSSR count). The summed E-state index contributed by atoms with van der Waals surface area (Å²) in [7, 11) is 1.25. The maximum atomic E-state index is 13.1. The SMILES string of the molecule is COC(=O)c1ccccc1NC(=O)c1oc2c(c1C)/C(=N/NC(=O)c1ccc(Cl)c([N+](=O)[O-])c1)CCC2. The van der Waals surface area contributed by atoms with E-state index in [1.165, 1.54) is 25.3 Å². The minimum Gasteiger partial charge on any atom is -0.465 e. The molecule has 0 bridgehead atoms. The van der Waals surface area contributed by atoms with Crippen molar-refractivity contribution >= 4 is 46.5 Å². The quantitative estimate of drug-likeness (QED) is 0.270. The van der Waals surface area contributed by atoms with Gasteiger partial charge in [0.15, 0.2) is 5.76 Å². The van der Waals surface area contributed by atoms with Crippen molar-refractivity contribution in [1.82, 2.24) is 5.43 Å². The number of ether oxygens (including phenoxy) is 1. The standard InChI is InChI=1S/C25H21ClN4O7/c1-13-21-18(28-29-23(31)14-10-11-16(26)19(12-14)30(34)35)8-5-9-20(21)37-22(13)24(32)27-17-7-4-3-6-15(17)25(33)36-2/h3-4,6-7,10-12H,5,8-9H2,1-2H3,(H,27,32)(H,29,31)/b28-18+. The van der Waals surface area contributed by atoms with Gasteiger partial charge in [0.05, 0.1) is 29.0 Å². The first kappa shape index (κ1) is 25.6. The number of carbonyl (C=O) groups is 3. The van der Waals surface area contributed by atoms with Gasteiger partial charge in [-0.2, -0.15) is 5.10 Å². The number of carbonyl (C=O) groups excluding carboxylic acids is 3. The molecule has 1 aliphatic rings. The van der Waals surface area contributed by atoms with Gasteiger partial charge in [-0.25, -0.2) is 10.2 Å². The van der Waals surface area contributed by atoms with Gasteiger partial charge in [0.2, 0.25) is 0 Å². The highest BCUT2D eigenvalue weighted by Crippen LogP contribution is 2.31. The molecule has 0 radical (unpaired) electrons. The Morgan fingerprint density at radius 2 is 1.89 bits per heavy atom. The summed E-state index contributed by atoms with van der Waals surface area (Å²) in [6, 6.07) is 10.1. The van der Waals surface area contributed by atoms with E-state index in [2.05, 4.69) is 15.8 Å². The number of aryl methyl sites for hydroxylation is 1. The van der Waals surface area contributed by atoms with Crippen LogP contribution >= 0.6 is 11.6 Å². The number of nitrogens with zero attached hydrogens (tertiary/aromatic N) is 2. The second-order valence-electron chi connectivity index (χ2n) is 8.12. The number of fused-ring (bicyclic) bond motifs is 1. The lowest BCUT2D eigenvalue weighted by molar-refractivity contribution is -0.384. The molecule has 1 aromatic heterocycles. The Labute approximate surface area is 215 Å². The number of hydrogen-bond donors (Lipinski definition) is 2. The number of anilines is 1. The van der Waals surface area contributed by atoms with Gasteiger partial charge in [-0.1, -0.05) is 23.7 Å². The molecule has 3 aromatic rings. The molecule has 2 aromatic carbocycles. The highest BCUT2D eigenvalue weighted by Gasteiger charge is 2.29. The average molecular weight is 525 g/mol. The topological polar surface area (TPSA) is 153 Å². The lowest BCUT2D eigenvalue weighted by Crippen LogP contribution is -2.22. The molecule has 0 aliphatic heterocycles. The number of nitrogens with one attached hydrogen (secondary N) is 2. The summed E-state index contributed by atoms with van der Waals surface area (Å²) in [5.74, 6) is -1.20. The first-order chi connectivity index (χ1) is 17.7. The third-order valence-electron chi connectivity index (χ3n) is 5.81. The van der Waals surface area contributed by atoms with E-state index in [4.69, 9.17) is 20.8 Å². The molecule has 0 fully saturated rings. The summed E-state index contributed by atoms with van der Waals surface area (Å²) >= 11 is 5.81. The zero-order valence-electron chi connectivity index (χ0n) is 19.8. The van der Waals surface area contributed by atoms with Crippen molar-refractivity contribution in [3.63, 3.8) is 0 Å². The van der Waals surface area contributed by atoms with Crippen LogP contribution in [0.15, 0.2) is 52.0 Å². The zero-order chi connectivity index (χ0) is 26.7.